The number of benzene rings is 1. The van der Waals surface area contributed by atoms with Gasteiger partial charge in [-0.2, -0.15) is 9.65 Å². The number of piperazine rings is 1. The minimum atomic E-state index is -0.544. The molecule has 7 nitrogen and oxygen atoms in total. The van der Waals surface area contributed by atoms with Crippen LogP contribution in [0.1, 0.15) is 5.56 Å². The molecule has 9 heteroatoms. The summed E-state index contributed by atoms with van der Waals surface area (Å²) >= 11 is 6.31. The van der Waals surface area contributed by atoms with E-state index in [9.17, 15) is 9.65 Å². The first kappa shape index (κ1) is 18.2. The van der Waals surface area contributed by atoms with E-state index in [2.05, 4.69) is 31.1 Å². The van der Waals surface area contributed by atoms with Gasteiger partial charge in [-0.05, 0) is 18.2 Å². The molecule has 142 valence electrons. The van der Waals surface area contributed by atoms with Crippen LogP contribution in [0.25, 0.3) is 11.1 Å². The molecule has 0 atom stereocenters. The second kappa shape index (κ2) is 7.44. The summed E-state index contributed by atoms with van der Waals surface area (Å²) in [7, 11) is 1.91. The highest BCUT2D eigenvalue weighted by atomic mass is 35.5. The number of halogens is 2. The Morgan fingerprint density at radius 3 is 2.46 bits per heavy atom. The zero-order chi connectivity index (χ0) is 19.7. The minimum Gasteiger partial charge on any atom is -0.366 e. The Kier molecular flexibility index (Phi) is 4.84. The summed E-state index contributed by atoms with van der Waals surface area (Å²) in [5.74, 6) is 0.270. The van der Waals surface area contributed by atoms with Gasteiger partial charge in [0.25, 0.3) is 0 Å². The van der Waals surface area contributed by atoms with Crippen molar-refractivity contribution in [1.82, 2.24) is 19.7 Å². The second-order valence-corrected chi connectivity index (χ2v) is 6.92. The van der Waals surface area contributed by atoms with E-state index in [0.29, 0.717) is 23.7 Å². The van der Waals surface area contributed by atoms with Gasteiger partial charge in [0.15, 0.2) is 0 Å². The van der Waals surface area contributed by atoms with Crippen molar-refractivity contribution in [1.29, 1.82) is 5.26 Å². The van der Waals surface area contributed by atoms with Crippen molar-refractivity contribution in [2.75, 3.05) is 36.0 Å². The Labute approximate surface area is 166 Å². The maximum Gasteiger partial charge on any atom is 0.226 e. The number of pyridine rings is 1. The molecule has 4 rings (SSSR count). The Morgan fingerprint density at radius 2 is 1.86 bits per heavy atom. The lowest BCUT2D eigenvalue weighted by molar-refractivity contribution is 0.584. The zero-order valence-electron chi connectivity index (χ0n) is 15.2. The van der Waals surface area contributed by atoms with Gasteiger partial charge >= 0.3 is 0 Å². The lowest BCUT2D eigenvalue weighted by Gasteiger charge is -2.37. The van der Waals surface area contributed by atoms with E-state index in [1.54, 1.807) is 18.5 Å². The molecule has 0 N–H and O–H groups in total. The van der Waals surface area contributed by atoms with Crippen molar-refractivity contribution in [3.05, 3.63) is 53.3 Å². The van der Waals surface area contributed by atoms with E-state index < -0.39 is 5.95 Å². The molecule has 0 unspecified atom stereocenters. The summed E-state index contributed by atoms with van der Waals surface area (Å²) in [6.45, 7) is 2.82. The third-order valence-electron chi connectivity index (χ3n) is 4.84. The molecular weight excluding hydrogens is 381 g/mol. The Bertz CT molecular complexity index is 1030. The molecule has 1 aliphatic rings. The fraction of sp³-hybridized carbons (Fsp3) is 0.263. The van der Waals surface area contributed by atoms with Crippen LogP contribution >= 0.6 is 11.6 Å². The molecule has 1 aromatic carbocycles. The molecule has 28 heavy (non-hydrogen) atoms. The van der Waals surface area contributed by atoms with Crippen LogP contribution in [0.5, 0.6) is 0 Å². The van der Waals surface area contributed by atoms with Crippen LogP contribution in [0.3, 0.4) is 0 Å². The average molecular weight is 398 g/mol. The molecule has 1 fully saturated rings. The van der Waals surface area contributed by atoms with Gasteiger partial charge in [0, 0.05) is 50.6 Å². The highest BCUT2D eigenvalue weighted by Gasteiger charge is 2.25. The Hall–Kier alpha value is -3.18. The summed E-state index contributed by atoms with van der Waals surface area (Å²) in [5, 5.41) is 18.2. The maximum atomic E-state index is 13.3. The van der Waals surface area contributed by atoms with E-state index in [1.807, 2.05) is 17.7 Å². The van der Waals surface area contributed by atoms with E-state index in [1.165, 1.54) is 12.3 Å². The van der Waals surface area contributed by atoms with E-state index in [4.69, 9.17) is 11.6 Å². The normalized spacial score (nSPS) is 14.2. The summed E-state index contributed by atoms with van der Waals surface area (Å²) in [6.07, 6.45) is 3.14. The number of nitriles is 1. The van der Waals surface area contributed by atoms with Crippen LogP contribution in [0.2, 0.25) is 5.02 Å². The molecule has 2 aromatic heterocycles. The lowest BCUT2D eigenvalue weighted by atomic mass is 10.00. The van der Waals surface area contributed by atoms with Gasteiger partial charge in [0.05, 0.1) is 16.3 Å². The monoisotopic (exact) mass is 397 g/mol. The van der Waals surface area contributed by atoms with Crippen LogP contribution in [0.4, 0.5) is 16.0 Å². The minimum absolute atomic E-state index is 0.395. The van der Waals surface area contributed by atoms with Gasteiger partial charge in [-0.15, -0.1) is 10.2 Å². The molecule has 0 bridgehead atoms. The van der Waals surface area contributed by atoms with Gasteiger partial charge < -0.3 is 14.4 Å². The first-order valence-corrected chi connectivity index (χ1v) is 9.14. The van der Waals surface area contributed by atoms with E-state index in [0.717, 1.165) is 35.9 Å². The Balaban J connectivity index is 1.69. The predicted octanol–water partition coefficient (Wildman–Crippen LogP) is 2.87. The molecule has 0 saturated carbocycles. The number of aromatic nitrogens is 4. The van der Waals surface area contributed by atoms with Crippen molar-refractivity contribution in [3.8, 4) is 17.2 Å². The van der Waals surface area contributed by atoms with Crippen LogP contribution in [0, 0.1) is 17.3 Å². The van der Waals surface area contributed by atoms with E-state index in [-0.39, 0.29) is 0 Å². The number of aryl methyl sites for hydroxylation is 1. The number of anilines is 2. The van der Waals surface area contributed by atoms with Gasteiger partial charge in [0.1, 0.15) is 12.4 Å². The summed E-state index contributed by atoms with van der Waals surface area (Å²) in [4.78, 5) is 8.03. The van der Waals surface area contributed by atoms with Crippen molar-refractivity contribution in [2.24, 2.45) is 7.05 Å². The second-order valence-electron chi connectivity index (χ2n) is 6.52. The lowest BCUT2D eigenvalue weighted by Crippen LogP contribution is -2.47. The molecule has 3 heterocycles. The van der Waals surface area contributed by atoms with Crippen molar-refractivity contribution < 1.29 is 4.39 Å². The largest absolute Gasteiger partial charge is 0.366 e. The fourth-order valence-electron chi connectivity index (χ4n) is 3.46. The molecule has 0 aliphatic carbocycles. The van der Waals surface area contributed by atoms with Crippen LogP contribution in [0.15, 0.2) is 36.8 Å². The van der Waals surface area contributed by atoms with E-state index >= 15 is 0 Å². The molecule has 1 aliphatic heterocycles. The molecular formula is C19H17ClFN7. The number of hydrogen-bond acceptors (Lipinski definition) is 6. The molecule has 3 aromatic rings. The molecule has 0 spiro atoms. The highest BCUT2D eigenvalue weighted by Crippen LogP contribution is 2.38. The predicted molar refractivity (Wildman–Crippen MR) is 105 cm³/mol. The molecule has 0 amide bonds. The summed E-state index contributed by atoms with van der Waals surface area (Å²) in [6, 6.07) is 8.73. The van der Waals surface area contributed by atoms with Gasteiger partial charge in [-0.25, -0.2) is 4.98 Å². The smallest absolute Gasteiger partial charge is 0.226 e. The number of hydrogen-bond donors (Lipinski definition) is 0. The molecule has 0 radical (unpaired) electrons. The van der Waals surface area contributed by atoms with Crippen molar-refractivity contribution >= 4 is 23.2 Å². The van der Waals surface area contributed by atoms with Gasteiger partial charge in [-0.3, -0.25) is 0 Å². The van der Waals surface area contributed by atoms with Gasteiger partial charge in [0.2, 0.25) is 11.9 Å². The van der Waals surface area contributed by atoms with Crippen molar-refractivity contribution in [3.63, 3.8) is 0 Å². The van der Waals surface area contributed by atoms with Crippen LogP contribution in [-0.4, -0.2) is 45.9 Å². The summed E-state index contributed by atoms with van der Waals surface area (Å²) < 4.78 is 15.1. The number of rotatable bonds is 3. The first-order valence-electron chi connectivity index (χ1n) is 8.77. The summed E-state index contributed by atoms with van der Waals surface area (Å²) in [5.41, 5.74) is 2.71. The Morgan fingerprint density at radius 1 is 1.11 bits per heavy atom. The van der Waals surface area contributed by atoms with Crippen LogP contribution < -0.4 is 9.80 Å². The third kappa shape index (κ3) is 3.25. The SMILES string of the molecule is Cn1cnnc1N1CCN(c2c(-c3ccc(F)nc3)ccc(Cl)c2C#N)CC1. The zero-order valence-corrected chi connectivity index (χ0v) is 15.9. The average Bonchev–Trinajstić information content (AvgIpc) is 3.14. The highest BCUT2D eigenvalue weighted by molar-refractivity contribution is 6.32. The number of nitrogens with zero attached hydrogens (tertiary/aromatic N) is 7. The molecule has 1 saturated heterocycles. The van der Waals surface area contributed by atoms with Crippen molar-refractivity contribution in [2.45, 2.75) is 0 Å². The van der Waals surface area contributed by atoms with Crippen LogP contribution in [-0.2, 0) is 7.05 Å². The topological polar surface area (TPSA) is 73.9 Å². The third-order valence-corrected chi connectivity index (χ3v) is 5.16. The standard InChI is InChI=1S/C19H17ClFN7/c1-26-12-24-25-19(26)28-8-6-27(7-9-28)18-14(3-4-16(20)15(18)10-22)13-2-5-17(21)23-11-13/h2-5,11-12H,6-9H2,1H3. The quantitative estimate of drug-likeness (QED) is 0.633. The maximum absolute atomic E-state index is 13.3. The first-order chi connectivity index (χ1) is 13.6. The van der Waals surface area contributed by atoms with Gasteiger partial charge in [-0.1, -0.05) is 17.7 Å². The fourth-order valence-corrected chi connectivity index (χ4v) is 3.66.